The minimum absolute atomic E-state index is 0.0428. The van der Waals surface area contributed by atoms with Crippen LogP contribution in [0.3, 0.4) is 0 Å². The van der Waals surface area contributed by atoms with Crippen LogP contribution >= 0.6 is 0 Å². The Hall–Kier alpha value is -2.38. The molecular weight excluding hydrogens is 340 g/mol. The van der Waals surface area contributed by atoms with Crippen molar-refractivity contribution in [3.63, 3.8) is 0 Å². The fraction of sp³-hybridized carbons (Fsp3) is 0.278. The van der Waals surface area contributed by atoms with Crippen molar-refractivity contribution in [1.82, 2.24) is 4.31 Å². The van der Waals surface area contributed by atoms with Crippen LogP contribution in [0.1, 0.15) is 11.1 Å². The summed E-state index contributed by atoms with van der Waals surface area (Å²) in [7, 11) is -1.07. The van der Waals surface area contributed by atoms with Gasteiger partial charge in [0, 0.05) is 12.7 Å². The van der Waals surface area contributed by atoms with Crippen molar-refractivity contribution in [1.29, 1.82) is 0 Å². The Morgan fingerprint density at radius 3 is 2.48 bits per heavy atom. The topological polar surface area (TPSA) is 75.7 Å². The third-order valence-electron chi connectivity index (χ3n) is 3.79. The third kappa shape index (κ3) is 4.37. The van der Waals surface area contributed by atoms with Crippen molar-refractivity contribution in [3.8, 4) is 5.75 Å². The van der Waals surface area contributed by atoms with Gasteiger partial charge in [-0.1, -0.05) is 24.3 Å². The maximum absolute atomic E-state index is 12.8. The molecule has 0 aliphatic carbocycles. The number of likely N-dealkylation sites (N-methyl/N-ethyl adjacent to an activating group) is 1. The SMILES string of the molecule is COc1ccc(C)cc1S(=O)(=O)N(C)CC(=O)Nc1ccccc1C. The minimum atomic E-state index is -3.85. The number of aryl methyl sites for hydroxylation is 2. The Morgan fingerprint density at radius 1 is 1.16 bits per heavy atom. The van der Waals surface area contributed by atoms with Crippen molar-refractivity contribution in [3.05, 3.63) is 53.6 Å². The first-order valence-electron chi connectivity index (χ1n) is 7.72. The van der Waals surface area contributed by atoms with Gasteiger partial charge in [-0.15, -0.1) is 0 Å². The molecule has 2 aromatic rings. The van der Waals surface area contributed by atoms with Crippen LogP contribution in [0.5, 0.6) is 5.75 Å². The van der Waals surface area contributed by atoms with Gasteiger partial charge in [0.05, 0.1) is 13.7 Å². The van der Waals surface area contributed by atoms with E-state index in [9.17, 15) is 13.2 Å². The Balaban J connectivity index is 2.19. The van der Waals surface area contributed by atoms with Crippen molar-refractivity contribution in [2.45, 2.75) is 18.7 Å². The average Bonchev–Trinajstić information content (AvgIpc) is 2.56. The second kappa shape index (κ2) is 7.67. The van der Waals surface area contributed by atoms with E-state index in [1.54, 1.807) is 31.2 Å². The van der Waals surface area contributed by atoms with E-state index in [4.69, 9.17) is 4.74 Å². The van der Waals surface area contributed by atoms with E-state index in [1.165, 1.54) is 20.2 Å². The van der Waals surface area contributed by atoms with Gasteiger partial charge in [0.2, 0.25) is 15.9 Å². The molecule has 6 nitrogen and oxygen atoms in total. The fourth-order valence-electron chi connectivity index (χ4n) is 2.34. The lowest BCUT2D eigenvalue weighted by atomic mass is 10.2. The second-order valence-corrected chi connectivity index (χ2v) is 7.79. The number of sulfonamides is 1. The number of nitrogens with zero attached hydrogens (tertiary/aromatic N) is 1. The highest BCUT2D eigenvalue weighted by molar-refractivity contribution is 7.89. The number of hydrogen-bond acceptors (Lipinski definition) is 4. The number of methoxy groups -OCH3 is 1. The minimum Gasteiger partial charge on any atom is -0.495 e. The van der Waals surface area contributed by atoms with E-state index in [1.807, 2.05) is 19.1 Å². The third-order valence-corrected chi connectivity index (χ3v) is 5.62. The second-order valence-electron chi connectivity index (χ2n) is 5.78. The number of benzene rings is 2. The van der Waals surface area contributed by atoms with Crippen LogP contribution in [0, 0.1) is 13.8 Å². The number of carbonyl (C=O) groups excluding carboxylic acids is 1. The predicted octanol–water partition coefficient (Wildman–Crippen LogP) is 2.57. The molecule has 0 spiro atoms. The summed E-state index contributed by atoms with van der Waals surface area (Å²) >= 11 is 0. The van der Waals surface area contributed by atoms with Crippen LogP contribution in [0.2, 0.25) is 0 Å². The van der Waals surface area contributed by atoms with E-state index in [-0.39, 0.29) is 17.2 Å². The molecule has 2 aromatic carbocycles. The van der Waals surface area contributed by atoms with Crippen LogP contribution in [0.4, 0.5) is 5.69 Å². The van der Waals surface area contributed by atoms with E-state index < -0.39 is 15.9 Å². The molecule has 1 amide bonds. The smallest absolute Gasteiger partial charge is 0.246 e. The monoisotopic (exact) mass is 362 g/mol. The standard InChI is InChI=1S/C18H22N2O4S/c1-13-9-10-16(24-4)17(11-13)25(22,23)20(3)12-18(21)19-15-8-6-5-7-14(15)2/h5-11H,12H2,1-4H3,(H,19,21). The van der Waals surface area contributed by atoms with Gasteiger partial charge in [0.1, 0.15) is 10.6 Å². The van der Waals surface area contributed by atoms with Crippen LogP contribution in [0.25, 0.3) is 0 Å². The van der Waals surface area contributed by atoms with Gasteiger partial charge < -0.3 is 10.1 Å². The summed E-state index contributed by atoms with van der Waals surface area (Å²) in [5, 5.41) is 2.73. The maximum Gasteiger partial charge on any atom is 0.246 e. The lowest BCUT2D eigenvalue weighted by Crippen LogP contribution is -2.35. The van der Waals surface area contributed by atoms with Gasteiger partial charge in [-0.05, 0) is 43.2 Å². The largest absolute Gasteiger partial charge is 0.495 e. The summed E-state index contributed by atoms with van der Waals surface area (Å²) < 4.78 is 31.7. The summed E-state index contributed by atoms with van der Waals surface area (Å²) in [6, 6.07) is 12.2. The zero-order valence-corrected chi connectivity index (χ0v) is 15.6. The number of para-hydroxylation sites is 1. The molecule has 134 valence electrons. The number of ether oxygens (including phenoxy) is 1. The summed E-state index contributed by atoms with van der Waals surface area (Å²) in [4.78, 5) is 12.3. The first-order valence-corrected chi connectivity index (χ1v) is 9.16. The lowest BCUT2D eigenvalue weighted by Gasteiger charge is -2.19. The molecule has 0 bridgehead atoms. The van der Waals surface area contributed by atoms with Crippen molar-refractivity contribution >= 4 is 21.6 Å². The molecule has 0 radical (unpaired) electrons. The lowest BCUT2D eigenvalue weighted by molar-refractivity contribution is -0.116. The van der Waals surface area contributed by atoms with Crippen LogP contribution < -0.4 is 10.1 Å². The molecule has 0 unspecified atom stereocenters. The highest BCUT2D eigenvalue weighted by Crippen LogP contribution is 2.27. The van der Waals surface area contributed by atoms with Gasteiger partial charge in [-0.3, -0.25) is 4.79 Å². The fourth-order valence-corrected chi connectivity index (χ4v) is 3.71. The Morgan fingerprint density at radius 2 is 1.84 bits per heavy atom. The first-order chi connectivity index (χ1) is 11.8. The van der Waals surface area contributed by atoms with Crippen molar-refractivity contribution < 1.29 is 17.9 Å². The Labute approximate surface area is 148 Å². The molecule has 0 aliphatic rings. The number of rotatable bonds is 6. The van der Waals surface area contributed by atoms with Gasteiger partial charge >= 0.3 is 0 Å². The molecule has 0 atom stereocenters. The van der Waals surface area contributed by atoms with Crippen LogP contribution in [-0.4, -0.2) is 39.3 Å². The van der Waals surface area contributed by atoms with Gasteiger partial charge in [0.25, 0.3) is 0 Å². The number of nitrogens with one attached hydrogen (secondary N) is 1. The molecule has 7 heteroatoms. The first kappa shape index (κ1) is 19.0. The average molecular weight is 362 g/mol. The number of carbonyl (C=O) groups is 1. The van der Waals surface area contributed by atoms with E-state index in [2.05, 4.69) is 5.32 Å². The van der Waals surface area contributed by atoms with Crippen molar-refractivity contribution in [2.75, 3.05) is 26.0 Å². The molecule has 0 aliphatic heterocycles. The number of hydrogen-bond donors (Lipinski definition) is 1. The van der Waals surface area contributed by atoms with Crippen LogP contribution in [-0.2, 0) is 14.8 Å². The molecule has 0 aromatic heterocycles. The summed E-state index contributed by atoms with van der Waals surface area (Å²) in [5.41, 5.74) is 2.35. The van der Waals surface area contributed by atoms with Crippen LogP contribution in [0.15, 0.2) is 47.4 Å². The van der Waals surface area contributed by atoms with Gasteiger partial charge in [-0.2, -0.15) is 4.31 Å². The molecule has 0 saturated heterocycles. The quantitative estimate of drug-likeness (QED) is 0.857. The zero-order chi connectivity index (χ0) is 18.6. The number of anilines is 1. The molecule has 2 rings (SSSR count). The molecule has 0 fully saturated rings. The maximum atomic E-state index is 12.8. The molecule has 0 saturated carbocycles. The normalized spacial score (nSPS) is 11.4. The molecule has 25 heavy (non-hydrogen) atoms. The Bertz CT molecular complexity index is 878. The molecule has 0 heterocycles. The van der Waals surface area contributed by atoms with E-state index in [0.717, 1.165) is 15.4 Å². The predicted molar refractivity (Wildman–Crippen MR) is 97.4 cm³/mol. The van der Waals surface area contributed by atoms with Gasteiger partial charge in [-0.25, -0.2) is 8.42 Å². The number of amides is 1. The summed E-state index contributed by atoms with van der Waals surface area (Å²) in [5.74, 6) is -0.163. The van der Waals surface area contributed by atoms with E-state index in [0.29, 0.717) is 5.69 Å². The van der Waals surface area contributed by atoms with E-state index >= 15 is 0 Å². The Kier molecular flexibility index (Phi) is 5.81. The molecular formula is C18H22N2O4S. The summed E-state index contributed by atoms with van der Waals surface area (Å²) in [6.45, 7) is 3.37. The van der Waals surface area contributed by atoms with Gasteiger partial charge in [0.15, 0.2) is 0 Å². The summed E-state index contributed by atoms with van der Waals surface area (Å²) in [6.07, 6.45) is 0. The highest BCUT2D eigenvalue weighted by atomic mass is 32.2. The van der Waals surface area contributed by atoms with Crippen molar-refractivity contribution in [2.24, 2.45) is 0 Å². The highest BCUT2D eigenvalue weighted by Gasteiger charge is 2.26. The zero-order valence-electron chi connectivity index (χ0n) is 14.7. The molecule has 1 N–H and O–H groups in total.